The van der Waals surface area contributed by atoms with Crippen LogP contribution in [0.3, 0.4) is 0 Å². The summed E-state index contributed by atoms with van der Waals surface area (Å²) in [5, 5.41) is 18.3. The number of rotatable bonds is 14. The number of aliphatic hydroxyl groups is 1. The van der Waals surface area contributed by atoms with Gasteiger partial charge in [0.25, 0.3) is 0 Å². The molecule has 1 rings (SSSR count). The number of allylic oxidation sites excluding steroid dienone is 7. The molecule has 0 bridgehead atoms. The van der Waals surface area contributed by atoms with Gasteiger partial charge >= 0.3 is 5.97 Å². The van der Waals surface area contributed by atoms with Crippen LogP contribution in [0.4, 0.5) is 0 Å². The highest BCUT2D eigenvalue weighted by Crippen LogP contribution is 2.29. The molecule has 1 saturated heterocycles. The molecule has 0 saturated carbocycles. The van der Waals surface area contributed by atoms with Crippen LogP contribution in [0.15, 0.2) is 60.8 Å². The maximum atomic E-state index is 10.5. The standard InChI is InChI=1S/C22H32O4/c1-2-3-11-14-19(23)15-12-9-7-5-4-6-8-10-13-16-20-21(26-20)17-18-22(24)25/h3-4,6-7,9-13,15,19-21,23H,2,5,8,14,16-18H2,1H3,(H,24,25)/b6-4-,9-7-,11-3-,13-10-,15-12-. The number of aliphatic hydroxyl groups excluding tert-OH is 1. The van der Waals surface area contributed by atoms with E-state index in [4.69, 9.17) is 9.84 Å². The smallest absolute Gasteiger partial charge is 0.303 e. The molecule has 0 aromatic rings. The minimum absolute atomic E-state index is 0.130. The average molecular weight is 360 g/mol. The number of epoxide rings is 1. The Hall–Kier alpha value is -1.91. The molecule has 144 valence electrons. The summed E-state index contributed by atoms with van der Waals surface area (Å²) in [4.78, 5) is 10.5. The summed E-state index contributed by atoms with van der Waals surface area (Å²) in [7, 11) is 0. The van der Waals surface area contributed by atoms with E-state index in [2.05, 4.69) is 43.4 Å². The summed E-state index contributed by atoms with van der Waals surface area (Å²) < 4.78 is 5.42. The predicted molar refractivity (Wildman–Crippen MR) is 106 cm³/mol. The normalized spacial score (nSPS) is 21.8. The van der Waals surface area contributed by atoms with E-state index < -0.39 is 12.1 Å². The zero-order chi connectivity index (χ0) is 19.0. The lowest BCUT2D eigenvalue weighted by Crippen LogP contribution is -1.99. The number of carboxylic acid groups (broad SMARTS) is 1. The molecular weight excluding hydrogens is 328 g/mol. The van der Waals surface area contributed by atoms with Crippen molar-refractivity contribution in [1.29, 1.82) is 0 Å². The first-order valence-electron chi connectivity index (χ1n) is 9.47. The lowest BCUT2D eigenvalue weighted by atomic mass is 10.1. The highest BCUT2D eigenvalue weighted by Gasteiger charge is 2.37. The summed E-state index contributed by atoms with van der Waals surface area (Å²) >= 11 is 0. The van der Waals surface area contributed by atoms with Crippen molar-refractivity contribution in [3.8, 4) is 0 Å². The third kappa shape index (κ3) is 12.5. The van der Waals surface area contributed by atoms with E-state index in [9.17, 15) is 9.90 Å². The van der Waals surface area contributed by atoms with Crippen molar-refractivity contribution in [3.63, 3.8) is 0 Å². The fourth-order valence-electron chi connectivity index (χ4n) is 2.41. The van der Waals surface area contributed by atoms with E-state index in [0.29, 0.717) is 12.8 Å². The first kappa shape index (κ1) is 22.1. The molecule has 4 heteroatoms. The zero-order valence-electron chi connectivity index (χ0n) is 15.7. The first-order chi connectivity index (χ1) is 12.6. The molecular formula is C22H32O4. The minimum Gasteiger partial charge on any atom is -0.481 e. The van der Waals surface area contributed by atoms with E-state index in [1.807, 2.05) is 18.2 Å². The van der Waals surface area contributed by atoms with Crippen LogP contribution in [-0.4, -0.2) is 34.5 Å². The van der Waals surface area contributed by atoms with Crippen LogP contribution in [0.2, 0.25) is 0 Å². The van der Waals surface area contributed by atoms with Crippen LogP contribution < -0.4 is 0 Å². The van der Waals surface area contributed by atoms with Gasteiger partial charge in [-0.25, -0.2) is 0 Å². The number of hydrogen-bond acceptors (Lipinski definition) is 3. The molecule has 3 atom stereocenters. The molecule has 0 spiro atoms. The highest BCUT2D eigenvalue weighted by atomic mass is 16.6. The van der Waals surface area contributed by atoms with Gasteiger partial charge in [-0.3, -0.25) is 4.79 Å². The molecule has 2 N–H and O–H groups in total. The number of hydrogen-bond donors (Lipinski definition) is 2. The maximum absolute atomic E-state index is 10.5. The van der Waals surface area contributed by atoms with Gasteiger partial charge in [0.15, 0.2) is 0 Å². The minimum atomic E-state index is -0.759. The second kappa shape index (κ2) is 14.3. The van der Waals surface area contributed by atoms with Crippen LogP contribution in [0.25, 0.3) is 0 Å². The first-order valence-corrected chi connectivity index (χ1v) is 9.47. The van der Waals surface area contributed by atoms with Gasteiger partial charge in [0.2, 0.25) is 0 Å². The Bertz CT molecular complexity index is 528. The Balaban J connectivity index is 2.00. The molecule has 0 aromatic carbocycles. The number of aliphatic carboxylic acids is 1. The molecule has 0 amide bonds. The largest absolute Gasteiger partial charge is 0.481 e. The van der Waals surface area contributed by atoms with Crippen molar-refractivity contribution in [1.82, 2.24) is 0 Å². The molecule has 1 heterocycles. The Kier molecular flexibility index (Phi) is 12.2. The second-order valence-electron chi connectivity index (χ2n) is 6.29. The van der Waals surface area contributed by atoms with Gasteiger partial charge < -0.3 is 14.9 Å². The third-order valence-electron chi connectivity index (χ3n) is 3.94. The fraction of sp³-hybridized carbons (Fsp3) is 0.500. The van der Waals surface area contributed by atoms with E-state index in [1.165, 1.54) is 0 Å². The lowest BCUT2D eigenvalue weighted by Gasteiger charge is -1.98. The summed E-state index contributed by atoms with van der Waals surface area (Å²) in [6, 6.07) is 0. The number of carbonyl (C=O) groups is 1. The molecule has 0 aliphatic carbocycles. The van der Waals surface area contributed by atoms with E-state index in [0.717, 1.165) is 25.7 Å². The van der Waals surface area contributed by atoms with Crippen LogP contribution in [0.5, 0.6) is 0 Å². The van der Waals surface area contributed by atoms with Crippen LogP contribution in [0.1, 0.15) is 51.9 Å². The quantitative estimate of drug-likeness (QED) is 0.267. The highest BCUT2D eigenvalue weighted by molar-refractivity contribution is 5.66. The monoisotopic (exact) mass is 360 g/mol. The molecule has 1 fully saturated rings. The SMILES string of the molecule is CC/C=C\CC(O)/C=C\C=C/C/C=C\C/C=C\CC1OC1CCC(=O)O. The van der Waals surface area contributed by atoms with Crippen molar-refractivity contribution < 1.29 is 19.7 Å². The Labute approximate surface area is 157 Å². The van der Waals surface area contributed by atoms with Crippen LogP contribution in [-0.2, 0) is 9.53 Å². The van der Waals surface area contributed by atoms with Gasteiger partial charge in [0, 0.05) is 6.42 Å². The van der Waals surface area contributed by atoms with Crippen molar-refractivity contribution in [2.75, 3.05) is 0 Å². The number of carboxylic acids is 1. The summed E-state index contributed by atoms with van der Waals surface area (Å²) in [6.07, 6.45) is 25.2. The molecule has 1 aliphatic heterocycles. The van der Waals surface area contributed by atoms with Crippen molar-refractivity contribution >= 4 is 5.97 Å². The van der Waals surface area contributed by atoms with Crippen molar-refractivity contribution in [3.05, 3.63) is 60.8 Å². The Morgan fingerprint density at radius 3 is 2.46 bits per heavy atom. The summed E-state index contributed by atoms with van der Waals surface area (Å²) in [6.45, 7) is 2.08. The van der Waals surface area contributed by atoms with Gasteiger partial charge in [-0.1, -0.05) is 67.7 Å². The third-order valence-corrected chi connectivity index (χ3v) is 3.94. The van der Waals surface area contributed by atoms with Crippen LogP contribution >= 0.6 is 0 Å². The van der Waals surface area contributed by atoms with Gasteiger partial charge in [-0.15, -0.1) is 0 Å². The van der Waals surface area contributed by atoms with Gasteiger partial charge in [0.1, 0.15) is 0 Å². The van der Waals surface area contributed by atoms with Gasteiger partial charge in [-0.05, 0) is 38.5 Å². The van der Waals surface area contributed by atoms with Gasteiger partial charge in [0.05, 0.1) is 18.3 Å². The molecule has 4 nitrogen and oxygen atoms in total. The van der Waals surface area contributed by atoms with Gasteiger partial charge in [-0.2, -0.15) is 0 Å². The number of ether oxygens (including phenoxy) is 1. The van der Waals surface area contributed by atoms with Crippen molar-refractivity contribution in [2.45, 2.75) is 70.2 Å². The van der Waals surface area contributed by atoms with E-state index in [1.54, 1.807) is 6.08 Å². The Morgan fingerprint density at radius 1 is 1.00 bits per heavy atom. The van der Waals surface area contributed by atoms with E-state index in [-0.39, 0.29) is 18.6 Å². The van der Waals surface area contributed by atoms with Crippen LogP contribution in [0, 0.1) is 0 Å². The molecule has 1 aliphatic rings. The maximum Gasteiger partial charge on any atom is 0.303 e. The molecule has 0 radical (unpaired) electrons. The average Bonchev–Trinajstić information content (AvgIpc) is 3.36. The topological polar surface area (TPSA) is 70.1 Å². The molecule has 0 aromatic heterocycles. The second-order valence-corrected chi connectivity index (χ2v) is 6.29. The zero-order valence-corrected chi connectivity index (χ0v) is 15.7. The molecule has 3 unspecified atom stereocenters. The molecule has 26 heavy (non-hydrogen) atoms. The predicted octanol–water partition coefficient (Wildman–Crippen LogP) is 4.73. The fourth-order valence-corrected chi connectivity index (χ4v) is 2.41. The summed E-state index contributed by atoms with van der Waals surface area (Å²) in [5.74, 6) is -0.759. The van der Waals surface area contributed by atoms with Crippen molar-refractivity contribution in [2.24, 2.45) is 0 Å². The van der Waals surface area contributed by atoms with E-state index >= 15 is 0 Å². The summed E-state index contributed by atoms with van der Waals surface area (Å²) in [5.41, 5.74) is 0. The lowest BCUT2D eigenvalue weighted by molar-refractivity contribution is -0.137. The Morgan fingerprint density at radius 2 is 1.73 bits per heavy atom.